The van der Waals surface area contributed by atoms with Gasteiger partial charge in [0.2, 0.25) is 0 Å². The van der Waals surface area contributed by atoms with Crippen LogP contribution in [0.15, 0.2) is 46.2 Å². The second-order valence-electron chi connectivity index (χ2n) is 7.69. The van der Waals surface area contributed by atoms with E-state index in [-0.39, 0.29) is 11.6 Å². The molecule has 0 amide bonds. The van der Waals surface area contributed by atoms with Crippen molar-refractivity contribution < 1.29 is 18.9 Å². The van der Waals surface area contributed by atoms with Gasteiger partial charge in [-0.3, -0.25) is 9.13 Å². The quantitative estimate of drug-likeness (QED) is 0.613. The first-order valence-corrected chi connectivity index (χ1v) is 10.3. The van der Waals surface area contributed by atoms with Crippen molar-refractivity contribution in [3.8, 4) is 34.3 Å². The molecule has 0 N–H and O–H groups in total. The molecule has 0 radical (unpaired) electrons. The van der Waals surface area contributed by atoms with Crippen molar-refractivity contribution in [2.75, 3.05) is 28.4 Å². The van der Waals surface area contributed by atoms with Crippen LogP contribution in [0.2, 0.25) is 0 Å². The number of benzene rings is 2. The number of methoxy groups -OCH3 is 4. The van der Waals surface area contributed by atoms with Gasteiger partial charge in [-0.2, -0.15) is 0 Å². The van der Waals surface area contributed by atoms with Crippen LogP contribution in [0.5, 0.6) is 23.0 Å². The minimum absolute atomic E-state index is 0.131. The summed E-state index contributed by atoms with van der Waals surface area (Å²) in [4.78, 5) is 18.0. The number of hydrogen-bond donors (Lipinski definition) is 0. The van der Waals surface area contributed by atoms with E-state index in [0.717, 1.165) is 16.8 Å². The molecule has 0 saturated carbocycles. The molecule has 1 atom stereocenters. The fraction of sp³-hybridized carbons (Fsp3) is 0.333. The van der Waals surface area contributed by atoms with E-state index in [1.54, 1.807) is 56.8 Å². The minimum atomic E-state index is -0.131. The van der Waals surface area contributed by atoms with Gasteiger partial charge in [0, 0.05) is 37.2 Å². The molecule has 0 bridgehead atoms. The van der Waals surface area contributed by atoms with Crippen LogP contribution in [0.3, 0.4) is 0 Å². The maximum Gasteiger partial charge on any atom is 0.329 e. The lowest BCUT2D eigenvalue weighted by atomic mass is 9.89. The van der Waals surface area contributed by atoms with Crippen LogP contribution in [-0.4, -0.2) is 37.6 Å². The number of hydrogen-bond acceptors (Lipinski definition) is 6. The molecule has 4 rings (SSSR count). The van der Waals surface area contributed by atoms with Gasteiger partial charge in [0.25, 0.3) is 0 Å². The molecule has 1 aromatic heterocycles. The third kappa shape index (κ3) is 3.51. The van der Waals surface area contributed by atoms with Gasteiger partial charge in [-0.25, -0.2) is 9.79 Å². The molecule has 1 unspecified atom stereocenters. The molecule has 1 aliphatic heterocycles. The Morgan fingerprint density at radius 3 is 2.16 bits per heavy atom. The summed E-state index contributed by atoms with van der Waals surface area (Å²) in [5.41, 5.74) is 3.88. The maximum atomic E-state index is 13.2. The second kappa shape index (κ2) is 8.45. The SMILES string of the molecule is COc1ccc(N=c2cc3n(c(=O)n2C)CC(C)c2cc(OC)c(OC)cc2-3)cc1OC. The van der Waals surface area contributed by atoms with Crippen molar-refractivity contribution in [2.45, 2.75) is 19.4 Å². The predicted molar refractivity (Wildman–Crippen MR) is 121 cm³/mol. The molecule has 8 nitrogen and oxygen atoms in total. The van der Waals surface area contributed by atoms with Crippen molar-refractivity contribution >= 4 is 5.69 Å². The smallest absolute Gasteiger partial charge is 0.329 e. The molecule has 0 fully saturated rings. The first-order chi connectivity index (χ1) is 15.4. The summed E-state index contributed by atoms with van der Waals surface area (Å²) in [5, 5.41) is 0. The molecule has 8 heteroatoms. The first-order valence-electron chi connectivity index (χ1n) is 10.3. The normalized spacial score (nSPS) is 15.1. The van der Waals surface area contributed by atoms with E-state index >= 15 is 0 Å². The predicted octanol–water partition coefficient (Wildman–Crippen LogP) is 3.24. The first kappa shape index (κ1) is 21.5. The molecule has 168 valence electrons. The molecule has 32 heavy (non-hydrogen) atoms. The summed E-state index contributed by atoms with van der Waals surface area (Å²) < 4.78 is 25.0. The molecular formula is C24H27N3O5. The van der Waals surface area contributed by atoms with Gasteiger partial charge >= 0.3 is 5.69 Å². The number of ether oxygens (including phenoxy) is 4. The lowest BCUT2D eigenvalue weighted by Crippen LogP contribution is -2.41. The molecule has 0 aliphatic carbocycles. The highest BCUT2D eigenvalue weighted by Crippen LogP contribution is 2.41. The Morgan fingerprint density at radius 1 is 0.875 bits per heavy atom. The summed E-state index contributed by atoms with van der Waals surface area (Å²) in [6.45, 7) is 2.67. The molecule has 0 spiro atoms. The lowest BCUT2D eigenvalue weighted by Gasteiger charge is -2.28. The van der Waals surface area contributed by atoms with Crippen molar-refractivity contribution in [3.63, 3.8) is 0 Å². The Labute approximate surface area is 186 Å². The Bertz CT molecular complexity index is 1310. The zero-order valence-corrected chi connectivity index (χ0v) is 19.1. The summed E-state index contributed by atoms with van der Waals surface area (Å²) in [6.07, 6.45) is 0. The summed E-state index contributed by atoms with van der Waals surface area (Å²) in [5.74, 6) is 2.62. The van der Waals surface area contributed by atoms with Gasteiger partial charge in [0.15, 0.2) is 23.0 Å². The van der Waals surface area contributed by atoms with Gasteiger partial charge in [-0.15, -0.1) is 0 Å². The van der Waals surface area contributed by atoms with Crippen LogP contribution < -0.4 is 30.1 Å². The number of rotatable bonds is 5. The van der Waals surface area contributed by atoms with Gasteiger partial charge in [-0.05, 0) is 29.8 Å². The van der Waals surface area contributed by atoms with Gasteiger partial charge in [0.1, 0.15) is 5.49 Å². The van der Waals surface area contributed by atoms with E-state index in [2.05, 4.69) is 6.92 Å². The summed E-state index contributed by atoms with van der Waals surface area (Å²) >= 11 is 0. The standard InChI is InChI=1S/C24H27N3O5/c1-14-13-27-18(17-11-22(32-6)21(31-5)10-16(14)17)12-23(26(2)24(27)28)25-15-7-8-19(29-3)20(9-15)30-4/h7-12,14H,13H2,1-6H3. The van der Waals surface area contributed by atoms with Gasteiger partial charge in [0.05, 0.1) is 39.8 Å². The van der Waals surface area contributed by atoms with E-state index in [1.807, 2.05) is 24.3 Å². The van der Waals surface area contributed by atoms with Crippen molar-refractivity contribution in [1.29, 1.82) is 0 Å². The molecular weight excluding hydrogens is 410 g/mol. The summed E-state index contributed by atoms with van der Waals surface area (Å²) in [6, 6.07) is 11.2. The van der Waals surface area contributed by atoms with Crippen molar-refractivity contribution in [1.82, 2.24) is 9.13 Å². The van der Waals surface area contributed by atoms with Gasteiger partial charge in [-0.1, -0.05) is 6.92 Å². The largest absolute Gasteiger partial charge is 0.493 e. The van der Waals surface area contributed by atoms with Crippen molar-refractivity contribution in [2.24, 2.45) is 12.0 Å². The Kier molecular flexibility index (Phi) is 5.69. The van der Waals surface area contributed by atoms with Crippen LogP contribution in [0.25, 0.3) is 11.3 Å². The third-order valence-corrected chi connectivity index (χ3v) is 5.85. The van der Waals surface area contributed by atoms with Crippen LogP contribution in [0.4, 0.5) is 5.69 Å². The molecule has 0 saturated heterocycles. The van der Waals surface area contributed by atoms with Crippen LogP contribution in [0.1, 0.15) is 18.4 Å². The number of aromatic nitrogens is 2. The van der Waals surface area contributed by atoms with E-state index in [4.69, 9.17) is 23.9 Å². The Hall–Kier alpha value is -3.68. The monoisotopic (exact) mass is 437 g/mol. The Morgan fingerprint density at radius 2 is 1.50 bits per heavy atom. The van der Waals surface area contributed by atoms with E-state index in [9.17, 15) is 4.79 Å². The van der Waals surface area contributed by atoms with E-state index in [0.29, 0.717) is 40.7 Å². The molecule has 2 aromatic carbocycles. The topological polar surface area (TPSA) is 76.2 Å². The highest BCUT2D eigenvalue weighted by molar-refractivity contribution is 5.71. The highest BCUT2D eigenvalue weighted by Gasteiger charge is 2.26. The average molecular weight is 437 g/mol. The van der Waals surface area contributed by atoms with Crippen LogP contribution in [0, 0.1) is 0 Å². The highest BCUT2D eigenvalue weighted by atomic mass is 16.5. The molecule has 3 aromatic rings. The minimum Gasteiger partial charge on any atom is -0.493 e. The Balaban J connectivity index is 1.95. The molecule has 1 aliphatic rings. The average Bonchev–Trinajstić information content (AvgIpc) is 2.82. The van der Waals surface area contributed by atoms with Crippen molar-refractivity contribution in [3.05, 3.63) is 57.9 Å². The molecule has 2 heterocycles. The fourth-order valence-corrected chi connectivity index (χ4v) is 4.11. The number of fused-ring (bicyclic) bond motifs is 3. The van der Waals surface area contributed by atoms with E-state index in [1.165, 1.54) is 0 Å². The van der Waals surface area contributed by atoms with E-state index < -0.39 is 0 Å². The maximum absolute atomic E-state index is 13.2. The zero-order chi connectivity index (χ0) is 23.0. The van der Waals surface area contributed by atoms with Crippen LogP contribution in [-0.2, 0) is 13.6 Å². The fourth-order valence-electron chi connectivity index (χ4n) is 4.11. The third-order valence-electron chi connectivity index (χ3n) is 5.85. The van der Waals surface area contributed by atoms with Crippen LogP contribution >= 0.6 is 0 Å². The number of nitrogens with zero attached hydrogens (tertiary/aromatic N) is 3. The second-order valence-corrected chi connectivity index (χ2v) is 7.69. The zero-order valence-electron chi connectivity index (χ0n) is 19.1. The summed E-state index contributed by atoms with van der Waals surface area (Å²) in [7, 11) is 8.11. The lowest BCUT2D eigenvalue weighted by molar-refractivity contribution is 0.354. The van der Waals surface area contributed by atoms with Gasteiger partial charge < -0.3 is 18.9 Å².